The van der Waals surface area contributed by atoms with Crippen molar-refractivity contribution in [3.05, 3.63) is 36.7 Å². The molecule has 2 heterocycles. The molecule has 3 aromatic rings. The Balaban J connectivity index is 1.84. The van der Waals surface area contributed by atoms with E-state index in [-0.39, 0.29) is 6.61 Å². The number of methoxy groups -OCH3 is 1. The van der Waals surface area contributed by atoms with Gasteiger partial charge in [0.2, 0.25) is 0 Å². The summed E-state index contributed by atoms with van der Waals surface area (Å²) in [6.07, 6.45) is 4.77. The number of rotatable bonds is 3. The van der Waals surface area contributed by atoms with E-state index in [4.69, 9.17) is 4.74 Å². The number of benzene rings is 2. The molecule has 5 nitrogen and oxygen atoms in total. The molecule has 1 atom stereocenters. The Labute approximate surface area is 147 Å². The van der Waals surface area contributed by atoms with E-state index < -0.39 is 0 Å². The van der Waals surface area contributed by atoms with E-state index in [0.29, 0.717) is 5.92 Å². The predicted octanol–water partition coefficient (Wildman–Crippen LogP) is 3.19. The van der Waals surface area contributed by atoms with Crippen LogP contribution in [0.4, 0.5) is 5.82 Å². The third kappa shape index (κ3) is 3.00. The number of aromatic nitrogens is 2. The molecule has 1 N–H and O–H groups in total. The van der Waals surface area contributed by atoms with Crippen LogP contribution in [0.1, 0.15) is 19.3 Å². The van der Waals surface area contributed by atoms with E-state index in [1.807, 2.05) is 18.2 Å². The SMILES string of the molecule is COc1ccc2c([c]cc3ncnc(N4CCCC(CO)CC4)c32)c1. The van der Waals surface area contributed by atoms with Crippen LogP contribution in [-0.2, 0) is 0 Å². The number of aliphatic hydroxyl groups is 1. The number of nitrogens with zero attached hydrogens (tertiary/aromatic N) is 3. The largest absolute Gasteiger partial charge is 0.497 e. The van der Waals surface area contributed by atoms with Crippen LogP contribution in [0.15, 0.2) is 30.6 Å². The molecule has 25 heavy (non-hydrogen) atoms. The first-order valence-corrected chi connectivity index (χ1v) is 8.79. The maximum atomic E-state index is 9.48. The van der Waals surface area contributed by atoms with E-state index in [1.165, 1.54) is 0 Å². The average molecular weight is 336 g/mol. The summed E-state index contributed by atoms with van der Waals surface area (Å²) in [6.45, 7) is 2.14. The van der Waals surface area contributed by atoms with Gasteiger partial charge in [-0.05, 0) is 66.3 Å². The molecule has 4 rings (SSSR count). The maximum Gasteiger partial charge on any atom is 0.140 e. The zero-order valence-corrected chi connectivity index (χ0v) is 14.4. The Hall–Kier alpha value is -2.40. The van der Waals surface area contributed by atoms with E-state index in [9.17, 15) is 5.11 Å². The highest BCUT2D eigenvalue weighted by Gasteiger charge is 2.20. The predicted molar refractivity (Wildman–Crippen MR) is 99.1 cm³/mol. The standard InChI is InChI=1S/C20H22N3O2/c1-25-16-5-6-17-15(11-16)4-7-18-19(17)20(22-13-21-18)23-9-2-3-14(12-24)8-10-23/h5-7,11,13-14,24H,2-3,8-10,12H2,1H3. The Bertz CT molecular complexity index is 897. The van der Waals surface area contributed by atoms with Crippen molar-refractivity contribution < 1.29 is 9.84 Å². The molecule has 0 saturated carbocycles. The van der Waals surface area contributed by atoms with E-state index in [2.05, 4.69) is 27.0 Å². The minimum absolute atomic E-state index is 0.274. The molecule has 0 spiro atoms. The Kier molecular flexibility index (Phi) is 4.40. The molecule has 1 fully saturated rings. The zero-order valence-electron chi connectivity index (χ0n) is 14.4. The van der Waals surface area contributed by atoms with Gasteiger partial charge in [-0.25, -0.2) is 9.97 Å². The fourth-order valence-electron chi connectivity index (χ4n) is 3.69. The Morgan fingerprint density at radius 2 is 2.20 bits per heavy atom. The topological polar surface area (TPSA) is 58.5 Å². The van der Waals surface area contributed by atoms with Gasteiger partial charge in [-0.1, -0.05) is 0 Å². The summed E-state index contributed by atoms with van der Waals surface area (Å²) in [5.74, 6) is 2.20. The summed E-state index contributed by atoms with van der Waals surface area (Å²) in [7, 11) is 1.67. The molecule has 129 valence electrons. The zero-order chi connectivity index (χ0) is 17.2. The van der Waals surface area contributed by atoms with Gasteiger partial charge in [0.15, 0.2) is 0 Å². The van der Waals surface area contributed by atoms with Gasteiger partial charge < -0.3 is 14.7 Å². The van der Waals surface area contributed by atoms with E-state index in [1.54, 1.807) is 13.4 Å². The van der Waals surface area contributed by atoms with Crippen molar-refractivity contribution in [2.24, 2.45) is 5.92 Å². The number of aliphatic hydroxyl groups excluding tert-OH is 1. The highest BCUT2D eigenvalue weighted by atomic mass is 16.5. The molecule has 5 heteroatoms. The summed E-state index contributed by atoms with van der Waals surface area (Å²) < 4.78 is 5.34. The van der Waals surface area contributed by atoms with Crippen molar-refractivity contribution in [3.63, 3.8) is 0 Å². The molecule has 2 aromatic carbocycles. The third-order valence-corrected chi connectivity index (χ3v) is 5.12. The quantitative estimate of drug-likeness (QED) is 0.745. The van der Waals surface area contributed by atoms with Crippen LogP contribution in [0.2, 0.25) is 0 Å². The highest BCUT2D eigenvalue weighted by Crippen LogP contribution is 2.33. The number of anilines is 1. The molecule has 0 amide bonds. The second kappa shape index (κ2) is 6.84. The van der Waals surface area contributed by atoms with Crippen LogP contribution in [0.3, 0.4) is 0 Å². The van der Waals surface area contributed by atoms with E-state index >= 15 is 0 Å². The molecule has 0 bridgehead atoms. The minimum Gasteiger partial charge on any atom is -0.497 e. The van der Waals surface area contributed by atoms with Crippen molar-refractivity contribution in [2.45, 2.75) is 19.3 Å². The molecule has 1 radical (unpaired) electrons. The molecule has 1 aliphatic rings. The van der Waals surface area contributed by atoms with Gasteiger partial charge in [0.1, 0.15) is 17.9 Å². The lowest BCUT2D eigenvalue weighted by Gasteiger charge is -2.23. The third-order valence-electron chi connectivity index (χ3n) is 5.12. The van der Waals surface area contributed by atoms with Crippen LogP contribution < -0.4 is 9.64 Å². The lowest BCUT2D eigenvalue weighted by molar-refractivity contribution is 0.215. The number of ether oxygens (including phenoxy) is 1. The summed E-state index contributed by atoms with van der Waals surface area (Å²) in [6, 6.07) is 11.3. The first-order chi connectivity index (χ1) is 12.3. The number of hydrogen-bond donors (Lipinski definition) is 1. The highest BCUT2D eigenvalue weighted by molar-refractivity contribution is 6.11. The van der Waals surface area contributed by atoms with Gasteiger partial charge in [0.25, 0.3) is 0 Å². The van der Waals surface area contributed by atoms with E-state index in [0.717, 1.165) is 65.6 Å². The molecular formula is C20H22N3O2. The van der Waals surface area contributed by atoms with Gasteiger partial charge in [0.05, 0.1) is 18.0 Å². The summed E-state index contributed by atoms with van der Waals surface area (Å²) >= 11 is 0. The van der Waals surface area contributed by atoms with Crippen LogP contribution in [0.5, 0.6) is 5.75 Å². The average Bonchev–Trinajstić information content (AvgIpc) is 2.92. The fourth-order valence-corrected chi connectivity index (χ4v) is 3.69. The van der Waals surface area contributed by atoms with Crippen LogP contribution in [0.25, 0.3) is 21.7 Å². The van der Waals surface area contributed by atoms with Crippen molar-refractivity contribution in [1.29, 1.82) is 0 Å². The summed E-state index contributed by atoms with van der Waals surface area (Å²) in [5.41, 5.74) is 0.908. The molecule has 1 unspecified atom stereocenters. The second-order valence-corrected chi connectivity index (χ2v) is 6.62. The lowest BCUT2D eigenvalue weighted by Crippen LogP contribution is -2.25. The first-order valence-electron chi connectivity index (χ1n) is 8.79. The summed E-state index contributed by atoms with van der Waals surface area (Å²) in [5, 5.41) is 12.6. The van der Waals surface area contributed by atoms with Crippen LogP contribution in [0, 0.1) is 12.0 Å². The van der Waals surface area contributed by atoms with Crippen LogP contribution >= 0.6 is 0 Å². The fraction of sp³-hybridized carbons (Fsp3) is 0.400. The number of fused-ring (bicyclic) bond motifs is 3. The van der Waals surface area contributed by atoms with Gasteiger partial charge in [-0.15, -0.1) is 0 Å². The van der Waals surface area contributed by atoms with Crippen molar-refractivity contribution in [2.75, 3.05) is 31.7 Å². The lowest BCUT2D eigenvalue weighted by atomic mass is 10.0. The van der Waals surface area contributed by atoms with Crippen molar-refractivity contribution in [3.8, 4) is 5.75 Å². The monoisotopic (exact) mass is 336 g/mol. The molecule has 1 aromatic heterocycles. The van der Waals surface area contributed by atoms with Crippen molar-refractivity contribution in [1.82, 2.24) is 9.97 Å². The van der Waals surface area contributed by atoms with Gasteiger partial charge >= 0.3 is 0 Å². The molecule has 1 saturated heterocycles. The molecule has 1 aliphatic heterocycles. The van der Waals surface area contributed by atoms with Crippen molar-refractivity contribution >= 4 is 27.5 Å². The molecule has 0 aliphatic carbocycles. The summed E-state index contributed by atoms with van der Waals surface area (Å²) in [4.78, 5) is 11.4. The Morgan fingerprint density at radius 1 is 1.28 bits per heavy atom. The van der Waals surface area contributed by atoms with Gasteiger partial charge in [-0.3, -0.25) is 0 Å². The minimum atomic E-state index is 0.274. The number of hydrogen-bond acceptors (Lipinski definition) is 5. The molecular weight excluding hydrogens is 314 g/mol. The Morgan fingerprint density at radius 3 is 3.04 bits per heavy atom. The normalized spacial score (nSPS) is 18.5. The van der Waals surface area contributed by atoms with Gasteiger partial charge in [0, 0.05) is 19.7 Å². The first kappa shape index (κ1) is 16.1. The van der Waals surface area contributed by atoms with Crippen LogP contribution in [-0.4, -0.2) is 41.9 Å². The second-order valence-electron chi connectivity index (χ2n) is 6.62. The van der Waals surface area contributed by atoms with Gasteiger partial charge in [-0.2, -0.15) is 0 Å². The smallest absolute Gasteiger partial charge is 0.140 e. The maximum absolute atomic E-state index is 9.48.